The fourth-order valence-corrected chi connectivity index (χ4v) is 2.39. The van der Waals surface area contributed by atoms with Crippen molar-refractivity contribution in [3.8, 4) is 0 Å². The molecule has 1 saturated heterocycles. The van der Waals surface area contributed by atoms with Gasteiger partial charge in [0.15, 0.2) is 0 Å². The van der Waals surface area contributed by atoms with Crippen LogP contribution in [0.2, 0.25) is 0 Å². The van der Waals surface area contributed by atoms with Crippen LogP contribution in [0.15, 0.2) is 22.8 Å². The predicted octanol–water partition coefficient (Wildman–Crippen LogP) is 2.54. The summed E-state index contributed by atoms with van der Waals surface area (Å²) in [5.41, 5.74) is 0. The van der Waals surface area contributed by atoms with Crippen LogP contribution < -0.4 is 4.90 Å². The Labute approximate surface area is 109 Å². The van der Waals surface area contributed by atoms with Crippen molar-refractivity contribution in [3.05, 3.63) is 22.8 Å². The lowest BCUT2D eigenvalue weighted by molar-refractivity contribution is -0.137. The molecule has 1 aromatic rings. The summed E-state index contributed by atoms with van der Waals surface area (Å²) in [7, 11) is 0. The summed E-state index contributed by atoms with van der Waals surface area (Å²) in [6.07, 6.45) is 3.89. The molecule has 1 aromatic heterocycles. The normalized spacial score (nSPS) is 19.6. The number of halogens is 1. The van der Waals surface area contributed by atoms with Gasteiger partial charge in [-0.1, -0.05) is 0 Å². The first-order valence-electron chi connectivity index (χ1n) is 5.73. The van der Waals surface area contributed by atoms with Crippen molar-refractivity contribution in [2.45, 2.75) is 19.3 Å². The van der Waals surface area contributed by atoms with Gasteiger partial charge in [0.25, 0.3) is 0 Å². The van der Waals surface area contributed by atoms with E-state index in [1.807, 2.05) is 12.1 Å². The molecule has 2 heterocycles. The molecule has 1 atom stereocenters. The third kappa shape index (κ3) is 3.43. The van der Waals surface area contributed by atoms with Gasteiger partial charge in [0.2, 0.25) is 0 Å². The summed E-state index contributed by atoms with van der Waals surface area (Å²) in [5.74, 6) is 0.757. The second-order valence-corrected chi connectivity index (χ2v) is 5.28. The van der Waals surface area contributed by atoms with Crippen LogP contribution in [0.1, 0.15) is 19.3 Å². The summed E-state index contributed by atoms with van der Waals surface area (Å²) in [4.78, 5) is 17.1. The Hall–Kier alpha value is -1.10. The highest BCUT2D eigenvalue weighted by Crippen LogP contribution is 2.25. The number of anilines is 1. The molecule has 1 fully saturated rings. The van der Waals surface area contributed by atoms with Crippen molar-refractivity contribution in [2.24, 2.45) is 5.92 Å². The van der Waals surface area contributed by atoms with Crippen molar-refractivity contribution in [1.29, 1.82) is 0 Å². The summed E-state index contributed by atoms with van der Waals surface area (Å²) >= 11 is 3.36. The SMILES string of the molecule is O=C(O)CCC1CCN(c2ccc(Br)cn2)C1. The quantitative estimate of drug-likeness (QED) is 0.928. The van der Waals surface area contributed by atoms with E-state index < -0.39 is 5.97 Å². The number of pyridine rings is 1. The molecule has 92 valence electrons. The number of carboxylic acids is 1. The van der Waals surface area contributed by atoms with E-state index in [9.17, 15) is 4.79 Å². The first kappa shape index (κ1) is 12.4. The molecule has 0 saturated carbocycles. The van der Waals surface area contributed by atoms with Gasteiger partial charge < -0.3 is 10.0 Å². The smallest absolute Gasteiger partial charge is 0.303 e. The molecule has 0 aromatic carbocycles. The third-order valence-corrected chi connectivity index (χ3v) is 3.56. The van der Waals surface area contributed by atoms with Gasteiger partial charge in [0, 0.05) is 30.2 Å². The first-order chi connectivity index (χ1) is 8.15. The lowest BCUT2D eigenvalue weighted by Crippen LogP contribution is -2.20. The zero-order valence-corrected chi connectivity index (χ0v) is 11.1. The molecule has 0 bridgehead atoms. The first-order valence-corrected chi connectivity index (χ1v) is 6.53. The minimum Gasteiger partial charge on any atom is -0.481 e. The monoisotopic (exact) mass is 298 g/mol. The van der Waals surface area contributed by atoms with Crippen molar-refractivity contribution >= 4 is 27.7 Å². The fraction of sp³-hybridized carbons (Fsp3) is 0.500. The number of aliphatic carboxylic acids is 1. The molecular formula is C12H15BrN2O2. The zero-order chi connectivity index (χ0) is 12.3. The van der Waals surface area contributed by atoms with Crippen molar-refractivity contribution in [2.75, 3.05) is 18.0 Å². The average molecular weight is 299 g/mol. The van der Waals surface area contributed by atoms with Gasteiger partial charge >= 0.3 is 5.97 Å². The summed E-state index contributed by atoms with van der Waals surface area (Å²) < 4.78 is 0.975. The molecule has 0 radical (unpaired) electrons. The van der Waals surface area contributed by atoms with E-state index in [4.69, 9.17) is 5.11 Å². The molecule has 0 aliphatic carbocycles. The van der Waals surface area contributed by atoms with Crippen LogP contribution in [0.25, 0.3) is 0 Å². The van der Waals surface area contributed by atoms with E-state index in [2.05, 4.69) is 25.8 Å². The summed E-state index contributed by atoms with van der Waals surface area (Å²) in [6, 6.07) is 3.97. The molecule has 0 spiro atoms. The maximum Gasteiger partial charge on any atom is 0.303 e. The zero-order valence-electron chi connectivity index (χ0n) is 9.47. The molecule has 4 nitrogen and oxygen atoms in total. The standard InChI is InChI=1S/C12H15BrN2O2/c13-10-2-3-11(14-7-10)15-6-5-9(8-15)1-4-12(16)17/h2-3,7,9H,1,4-6,8H2,(H,16,17). The Kier molecular flexibility index (Phi) is 3.99. The van der Waals surface area contributed by atoms with E-state index in [1.165, 1.54) is 0 Å². The van der Waals surface area contributed by atoms with Gasteiger partial charge in [0.1, 0.15) is 5.82 Å². The largest absolute Gasteiger partial charge is 0.481 e. The van der Waals surface area contributed by atoms with Crippen LogP contribution in [0.4, 0.5) is 5.82 Å². The Bertz CT molecular complexity index is 394. The molecule has 2 rings (SSSR count). The number of hydrogen-bond acceptors (Lipinski definition) is 3. The van der Waals surface area contributed by atoms with Crippen molar-refractivity contribution in [3.63, 3.8) is 0 Å². The maximum absolute atomic E-state index is 10.5. The predicted molar refractivity (Wildman–Crippen MR) is 69.1 cm³/mol. The van der Waals surface area contributed by atoms with Crippen LogP contribution in [-0.2, 0) is 4.79 Å². The highest BCUT2D eigenvalue weighted by molar-refractivity contribution is 9.10. The Morgan fingerprint density at radius 3 is 3.06 bits per heavy atom. The number of carboxylic acid groups (broad SMARTS) is 1. The number of aromatic nitrogens is 1. The molecular weight excluding hydrogens is 284 g/mol. The minimum atomic E-state index is -0.704. The molecule has 5 heteroatoms. The van der Waals surface area contributed by atoms with Gasteiger partial charge in [-0.05, 0) is 46.8 Å². The van der Waals surface area contributed by atoms with Crippen LogP contribution in [-0.4, -0.2) is 29.1 Å². The highest BCUT2D eigenvalue weighted by Gasteiger charge is 2.23. The van der Waals surface area contributed by atoms with E-state index in [0.29, 0.717) is 5.92 Å². The van der Waals surface area contributed by atoms with Gasteiger partial charge in [-0.2, -0.15) is 0 Å². The lowest BCUT2D eigenvalue weighted by atomic mass is 10.0. The number of hydrogen-bond donors (Lipinski definition) is 1. The van der Waals surface area contributed by atoms with E-state index in [1.54, 1.807) is 6.20 Å². The van der Waals surface area contributed by atoms with Crippen LogP contribution >= 0.6 is 15.9 Å². The van der Waals surface area contributed by atoms with Gasteiger partial charge in [-0.3, -0.25) is 4.79 Å². The van der Waals surface area contributed by atoms with Crippen LogP contribution in [0, 0.1) is 5.92 Å². The molecule has 0 amide bonds. The van der Waals surface area contributed by atoms with E-state index in [0.717, 1.165) is 36.2 Å². The Morgan fingerprint density at radius 1 is 1.59 bits per heavy atom. The Morgan fingerprint density at radius 2 is 2.41 bits per heavy atom. The minimum absolute atomic E-state index is 0.270. The maximum atomic E-state index is 10.5. The number of rotatable bonds is 4. The summed E-state index contributed by atoms with van der Waals surface area (Å²) in [6.45, 7) is 1.89. The van der Waals surface area contributed by atoms with E-state index >= 15 is 0 Å². The average Bonchev–Trinajstić information content (AvgIpc) is 2.76. The summed E-state index contributed by atoms with van der Waals surface area (Å²) in [5, 5.41) is 8.66. The van der Waals surface area contributed by atoms with Crippen LogP contribution in [0.5, 0.6) is 0 Å². The second kappa shape index (κ2) is 5.49. The molecule has 1 N–H and O–H groups in total. The van der Waals surface area contributed by atoms with Crippen LogP contribution in [0.3, 0.4) is 0 Å². The third-order valence-electron chi connectivity index (χ3n) is 3.09. The second-order valence-electron chi connectivity index (χ2n) is 4.37. The molecule has 1 unspecified atom stereocenters. The molecule has 1 aliphatic rings. The highest BCUT2D eigenvalue weighted by atomic mass is 79.9. The Balaban J connectivity index is 1.89. The van der Waals surface area contributed by atoms with Gasteiger partial charge in [-0.25, -0.2) is 4.98 Å². The van der Waals surface area contributed by atoms with Gasteiger partial charge in [0.05, 0.1) is 0 Å². The fourth-order valence-electron chi connectivity index (χ4n) is 2.16. The molecule has 1 aliphatic heterocycles. The topological polar surface area (TPSA) is 53.4 Å². The van der Waals surface area contributed by atoms with Crippen molar-refractivity contribution < 1.29 is 9.90 Å². The van der Waals surface area contributed by atoms with E-state index in [-0.39, 0.29) is 6.42 Å². The van der Waals surface area contributed by atoms with Gasteiger partial charge in [-0.15, -0.1) is 0 Å². The van der Waals surface area contributed by atoms with Crippen molar-refractivity contribution in [1.82, 2.24) is 4.98 Å². The molecule has 17 heavy (non-hydrogen) atoms. The lowest BCUT2D eigenvalue weighted by Gasteiger charge is -2.17. The number of nitrogens with zero attached hydrogens (tertiary/aromatic N) is 2. The number of carbonyl (C=O) groups is 1.